The Hall–Kier alpha value is -0.700. The summed E-state index contributed by atoms with van der Waals surface area (Å²) in [4.78, 5) is 5.21. The maximum Gasteiger partial charge on any atom is 0.0203 e. The molecule has 4 aromatic carbocycles. The third kappa shape index (κ3) is 4.89. The van der Waals surface area contributed by atoms with Crippen LogP contribution in [0.15, 0.2) is 98.4 Å². The molecular formula is C24H18I2S2. The summed E-state index contributed by atoms with van der Waals surface area (Å²) in [7, 11) is 0. The topological polar surface area (TPSA) is 0 Å². The van der Waals surface area contributed by atoms with E-state index in [1.165, 1.54) is 43.1 Å². The minimum Gasteiger partial charge on any atom is -0.0894 e. The van der Waals surface area contributed by atoms with Crippen LogP contribution in [0.5, 0.6) is 0 Å². The Balaban J connectivity index is 1.77. The number of hydrogen-bond donors (Lipinski definition) is 0. The van der Waals surface area contributed by atoms with Gasteiger partial charge in [0.15, 0.2) is 0 Å². The number of halogens is 2. The zero-order chi connectivity index (χ0) is 19.5. The predicted molar refractivity (Wildman–Crippen MR) is 140 cm³/mol. The average Bonchev–Trinajstić information content (AvgIpc) is 2.71. The highest BCUT2D eigenvalue weighted by Gasteiger charge is 2.10. The molecule has 28 heavy (non-hydrogen) atoms. The molecule has 0 spiro atoms. The first kappa shape index (κ1) is 20.6. The standard InChI is InChI=1S/C24H18I2S2/c1-2-16-14-22-21(24(15-16)28-20-12-8-18(26)9-13-20)4-3-5-23(22)27-19-10-6-17(25)7-11-19/h3-15H,2H2,1H3. The second kappa shape index (κ2) is 9.41. The van der Waals surface area contributed by atoms with Crippen LogP contribution in [0.25, 0.3) is 10.8 Å². The molecule has 0 aliphatic carbocycles. The Kier molecular flexibility index (Phi) is 6.91. The fourth-order valence-electron chi connectivity index (χ4n) is 3.02. The van der Waals surface area contributed by atoms with Crippen LogP contribution >= 0.6 is 68.7 Å². The van der Waals surface area contributed by atoms with Gasteiger partial charge in [-0.25, -0.2) is 0 Å². The molecule has 0 aliphatic heterocycles. The van der Waals surface area contributed by atoms with Gasteiger partial charge in [0.2, 0.25) is 0 Å². The van der Waals surface area contributed by atoms with Gasteiger partial charge < -0.3 is 0 Å². The van der Waals surface area contributed by atoms with Gasteiger partial charge in [-0.2, -0.15) is 0 Å². The lowest BCUT2D eigenvalue weighted by molar-refractivity contribution is 1.13. The van der Waals surface area contributed by atoms with Gasteiger partial charge in [-0.05, 0) is 135 Å². The van der Waals surface area contributed by atoms with Crippen molar-refractivity contribution in [1.29, 1.82) is 0 Å². The summed E-state index contributed by atoms with van der Waals surface area (Å²) in [6, 6.07) is 28.9. The zero-order valence-electron chi connectivity index (χ0n) is 15.3. The van der Waals surface area contributed by atoms with Crippen LogP contribution in [0.2, 0.25) is 0 Å². The molecule has 0 fully saturated rings. The van der Waals surface area contributed by atoms with Gasteiger partial charge in [0.1, 0.15) is 0 Å². The second-order valence-corrected chi connectivity index (χ2v) is 11.1. The van der Waals surface area contributed by atoms with Crippen molar-refractivity contribution in [2.24, 2.45) is 0 Å². The number of aryl methyl sites for hydroxylation is 1. The summed E-state index contributed by atoms with van der Waals surface area (Å²) < 4.78 is 2.54. The van der Waals surface area contributed by atoms with Crippen LogP contribution in [0.1, 0.15) is 12.5 Å². The van der Waals surface area contributed by atoms with Crippen LogP contribution < -0.4 is 0 Å². The lowest BCUT2D eigenvalue weighted by Gasteiger charge is -2.13. The van der Waals surface area contributed by atoms with E-state index in [9.17, 15) is 0 Å². The average molecular weight is 624 g/mol. The highest BCUT2D eigenvalue weighted by molar-refractivity contribution is 14.1. The quantitative estimate of drug-likeness (QED) is 0.204. The monoisotopic (exact) mass is 624 g/mol. The van der Waals surface area contributed by atoms with Gasteiger partial charge in [-0.3, -0.25) is 0 Å². The number of fused-ring (bicyclic) bond motifs is 1. The number of benzene rings is 4. The van der Waals surface area contributed by atoms with E-state index in [1.54, 1.807) is 0 Å². The van der Waals surface area contributed by atoms with Crippen LogP contribution in [0, 0.1) is 7.14 Å². The Morgan fingerprint density at radius 2 is 1.21 bits per heavy atom. The summed E-state index contributed by atoms with van der Waals surface area (Å²) in [5.74, 6) is 0. The molecule has 0 heterocycles. The second-order valence-electron chi connectivity index (χ2n) is 6.41. The SMILES string of the molecule is CCc1cc(Sc2ccc(I)cc2)c2cccc(Sc3ccc(I)cc3)c2c1. The fourth-order valence-corrected chi connectivity index (χ4v) is 5.71. The lowest BCUT2D eigenvalue weighted by Crippen LogP contribution is -1.87. The highest BCUT2D eigenvalue weighted by atomic mass is 127. The first-order valence-corrected chi connectivity index (χ1v) is 12.8. The van der Waals surface area contributed by atoms with Crippen molar-refractivity contribution < 1.29 is 0 Å². The van der Waals surface area contributed by atoms with E-state index in [-0.39, 0.29) is 0 Å². The fraction of sp³-hybridized carbons (Fsp3) is 0.0833. The molecule has 140 valence electrons. The Labute approximate surface area is 202 Å². The van der Waals surface area contributed by atoms with Crippen molar-refractivity contribution >= 4 is 79.5 Å². The normalized spacial score (nSPS) is 11.1. The van der Waals surface area contributed by atoms with Gasteiger partial charge in [-0.1, -0.05) is 42.6 Å². The Morgan fingerprint density at radius 3 is 1.79 bits per heavy atom. The molecule has 0 amide bonds. The van der Waals surface area contributed by atoms with E-state index >= 15 is 0 Å². The van der Waals surface area contributed by atoms with Gasteiger partial charge in [0.25, 0.3) is 0 Å². The van der Waals surface area contributed by atoms with E-state index < -0.39 is 0 Å². The molecule has 0 N–H and O–H groups in total. The first-order valence-electron chi connectivity index (χ1n) is 9.05. The Morgan fingerprint density at radius 1 is 0.643 bits per heavy atom. The summed E-state index contributed by atoms with van der Waals surface area (Å²) in [6.07, 6.45) is 1.04. The van der Waals surface area contributed by atoms with Gasteiger partial charge in [0.05, 0.1) is 0 Å². The molecule has 0 atom stereocenters. The molecule has 0 aromatic heterocycles. The molecule has 0 saturated carbocycles. The van der Waals surface area contributed by atoms with Crippen LogP contribution in [0.3, 0.4) is 0 Å². The third-order valence-corrected chi connectivity index (χ3v) is 8.06. The summed E-state index contributed by atoms with van der Waals surface area (Å²) in [5.41, 5.74) is 1.39. The molecule has 4 heteroatoms. The number of hydrogen-bond acceptors (Lipinski definition) is 2. The van der Waals surface area contributed by atoms with Crippen molar-refractivity contribution in [1.82, 2.24) is 0 Å². The van der Waals surface area contributed by atoms with Crippen molar-refractivity contribution in [2.45, 2.75) is 32.9 Å². The van der Waals surface area contributed by atoms with Crippen molar-refractivity contribution in [3.63, 3.8) is 0 Å². The molecule has 4 rings (SSSR count). The molecule has 0 radical (unpaired) electrons. The van der Waals surface area contributed by atoms with E-state index in [2.05, 4.69) is 131 Å². The molecule has 0 bridgehead atoms. The zero-order valence-corrected chi connectivity index (χ0v) is 21.2. The van der Waals surface area contributed by atoms with Crippen molar-refractivity contribution in [3.05, 3.63) is 91.6 Å². The van der Waals surface area contributed by atoms with E-state index in [0.29, 0.717) is 0 Å². The van der Waals surface area contributed by atoms with Crippen molar-refractivity contribution in [2.75, 3.05) is 0 Å². The minimum absolute atomic E-state index is 1.04. The smallest absolute Gasteiger partial charge is 0.0203 e. The molecule has 0 unspecified atom stereocenters. The maximum absolute atomic E-state index is 2.36. The van der Waals surface area contributed by atoms with E-state index in [0.717, 1.165) is 6.42 Å². The third-order valence-electron chi connectivity index (χ3n) is 4.47. The Bertz CT molecular complexity index is 1100. The van der Waals surface area contributed by atoms with Crippen LogP contribution in [-0.2, 0) is 6.42 Å². The summed E-state index contributed by atoms with van der Waals surface area (Å²) >= 11 is 8.42. The van der Waals surface area contributed by atoms with Gasteiger partial charge in [0, 0.05) is 26.7 Å². The lowest BCUT2D eigenvalue weighted by atomic mass is 10.1. The van der Waals surface area contributed by atoms with Crippen molar-refractivity contribution in [3.8, 4) is 0 Å². The molecule has 0 aliphatic rings. The first-order chi connectivity index (χ1) is 13.6. The molecule has 0 saturated heterocycles. The minimum atomic E-state index is 1.04. The predicted octanol–water partition coefficient (Wildman–Crippen LogP) is 8.91. The van der Waals surface area contributed by atoms with Gasteiger partial charge >= 0.3 is 0 Å². The summed E-state index contributed by atoms with van der Waals surface area (Å²) in [6.45, 7) is 2.23. The summed E-state index contributed by atoms with van der Waals surface area (Å²) in [5, 5.41) is 2.68. The maximum atomic E-state index is 2.36. The molecular weight excluding hydrogens is 606 g/mol. The molecule has 4 aromatic rings. The largest absolute Gasteiger partial charge is 0.0894 e. The van der Waals surface area contributed by atoms with Crippen LogP contribution in [-0.4, -0.2) is 0 Å². The van der Waals surface area contributed by atoms with E-state index in [4.69, 9.17) is 0 Å². The van der Waals surface area contributed by atoms with Crippen LogP contribution in [0.4, 0.5) is 0 Å². The van der Waals surface area contributed by atoms with E-state index in [1.807, 2.05) is 23.5 Å². The van der Waals surface area contributed by atoms with Gasteiger partial charge in [-0.15, -0.1) is 0 Å². The highest BCUT2D eigenvalue weighted by Crippen LogP contribution is 2.40. The molecule has 0 nitrogen and oxygen atoms in total. The number of rotatable bonds is 5.